The van der Waals surface area contributed by atoms with Crippen LogP contribution in [0.4, 0.5) is 10.1 Å². The number of anilines is 1. The second-order valence-electron chi connectivity index (χ2n) is 9.67. The third-order valence-electron chi connectivity index (χ3n) is 6.46. The Morgan fingerprint density at radius 1 is 1.12 bits per heavy atom. The van der Waals surface area contributed by atoms with Gasteiger partial charge in [-0.25, -0.2) is 9.37 Å². The third kappa shape index (κ3) is 6.27. The predicted molar refractivity (Wildman–Crippen MR) is 166 cm³/mol. The number of aromatic nitrogens is 3. The second kappa shape index (κ2) is 12.4. The van der Waals surface area contributed by atoms with E-state index >= 15 is 0 Å². The molecule has 7 heteroatoms. The van der Waals surface area contributed by atoms with Crippen molar-refractivity contribution < 1.29 is 4.39 Å². The van der Waals surface area contributed by atoms with E-state index in [4.69, 9.17) is 4.98 Å². The number of nitrogens with zero attached hydrogens (tertiary/aromatic N) is 3. The lowest BCUT2D eigenvalue weighted by molar-refractivity contribution is 0.438. The summed E-state index contributed by atoms with van der Waals surface area (Å²) in [5.74, 6) is -0.281. The summed E-state index contributed by atoms with van der Waals surface area (Å²) in [6, 6.07) is 12.5. The molecule has 0 saturated carbocycles. The minimum Gasteiger partial charge on any atom is -0.386 e. The summed E-state index contributed by atoms with van der Waals surface area (Å²) in [6.07, 6.45) is 9.29. The van der Waals surface area contributed by atoms with Crippen LogP contribution in [-0.2, 0) is 0 Å². The van der Waals surface area contributed by atoms with E-state index in [0.29, 0.717) is 12.2 Å². The van der Waals surface area contributed by atoms with Gasteiger partial charge in [-0.2, -0.15) is 0 Å². The summed E-state index contributed by atoms with van der Waals surface area (Å²) in [4.78, 5) is 14.7. The van der Waals surface area contributed by atoms with Gasteiger partial charge < -0.3 is 20.5 Å². The van der Waals surface area contributed by atoms with Crippen LogP contribution in [-0.4, -0.2) is 47.5 Å². The number of rotatable bonds is 11. The molecule has 1 aromatic carbocycles. The molecule has 3 N–H and O–H groups in total. The first-order chi connectivity index (χ1) is 19.2. The van der Waals surface area contributed by atoms with Crippen LogP contribution in [0.2, 0.25) is 0 Å². The zero-order valence-electron chi connectivity index (χ0n) is 23.5. The lowest BCUT2D eigenvalue weighted by atomic mass is 9.99. The van der Waals surface area contributed by atoms with Crippen molar-refractivity contribution in [1.29, 1.82) is 0 Å². The molecule has 3 heterocycles. The molecule has 0 spiro atoms. The molecule has 204 valence electrons. The first-order valence-electron chi connectivity index (χ1n) is 13.0. The Labute approximate surface area is 235 Å². The Bertz CT molecular complexity index is 1640. The zero-order chi connectivity index (χ0) is 28.8. The highest BCUT2D eigenvalue weighted by molar-refractivity contribution is 5.97. The normalized spacial score (nSPS) is 12.1. The smallest absolute Gasteiger partial charge is 0.138 e. The Hall–Kier alpha value is -4.75. The van der Waals surface area contributed by atoms with Gasteiger partial charge in [0.25, 0.3) is 0 Å². The minimum atomic E-state index is -0.281. The maximum Gasteiger partial charge on any atom is 0.138 e. The van der Waals surface area contributed by atoms with Gasteiger partial charge in [-0.1, -0.05) is 37.9 Å². The summed E-state index contributed by atoms with van der Waals surface area (Å²) in [5.41, 5.74) is 9.10. The first kappa shape index (κ1) is 28.3. The van der Waals surface area contributed by atoms with Crippen molar-refractivity contribution in [1.82, 2.24) is 25.2 Å². The van der Waals surface area contributed by atoms with Gasteiger partial charge in [0, 0.05) is 53.4 Å². The Kier molecular flexibility index (Phi) is 8.76. The van der Waals surface area contributed by atoms with Crippen LogP contribution in [0.3, 0.4) is 0 Å². The lowest BCUT2D eigenvalue weighted by Crippen LogP contribution is -2.23. The van der Waals surface area contributed by atoms with Crippen molar-refractivity contribution in [2.24, 2.45) is 0 Å². The highest BCUT2D eigenvalue weighted by atomic mass is 19.1. The quantitative estimate of drug-likeness (QED) is 0.181. The molecule has 0 bridgehead atoms. The topological polar surface area (TPSA) is 68.9 Å². The molecule has 0 radical (unpaired) electrons. The summed E-state index contributed by atoms with van der Waals surface area (Å²) < 4.78 is 14.0. The average molecular weight is 535 g/mol. The summed E-state index contributed by atoms with van der Waals surface area (Å²) in [6.45, 7) is 15.2. The van der Waals surface area contributed by atoms with E-state index in [0.717, 1.165) is 61.7 Å². The Morgan fingerprint density at radius 3 is 2.60 bits per heavy atom. The van der Waals surface area contributed by atoms with Gasteiger partial charge in [0.05, 0.1) is 17.6 Å². The van der Waals surface area contributed by atoms with Crippen molar-refractivity contribution in [3.8, 4) is 11.1 Å². The van der Waals surface area contributed by atoms with Crippen LogP contribution >= 0.6 is 0 Å². The number of aromatic amines is 1. The molecule has 6 nitrogen and oxygen atoms in total. The molecule has 0 unspecified atom stereocenters. The van der Waals surface area contributed by atoms with E-state index < -0.39 is 0 Å². The van der Waals surface area contributed by atoms with Crippen LogP contribution in [0.1, 0.15) is 23.9 Å². The monoisotopic (exact) mass is 534 g/mol. The number of fused-ring (bicyclic) bond motifs is 1. The van der Waals surface area contributed by atoms with E-state index in [1.54, 1.807) is 24.5 Å². The number of likely N-dealkylation sites (N-methyl/N-ethyl adjacent to an activating group) is 1. The molecule has 40 heavy (non-hydrogen) atoms. The standard InChI is InChI=1S/C33H35FN6/c1-8-23(16-26(9-2)38-21(3)20-40(6)7)31-17-28(32(35-5)19-37-31)22(4)30-18-29-27(13-14-36-33(29)39-30)24-11-10-12-25(34)15-24/h8-19,35,38H,2-4,20H2,1,5-7H3,(H,36,39)/b23-8+,26-16+. The molecule has 4 rings (SSSR count). The molecule has 0 saturated heterocycles. The van der Waals surface area contributed by atoms with Crippen LogP contribution in [0.5, 0.6) is 0 Å². The number of benzene rings is 1. The third-order valence-corrected chi connectivity index (χ3v) is 6.46. The number of allylic oxidation sites excluding steroid dienone is 4. The van der Waals surface area contributed by atoms with Gasteiger partial charge >= 0.3 is 0 Å². The van der Waals surface area contributed by atoms with E-state index in [1.165, 1.54) is 12.1 Å². The fraction of sp³-hybridized carbons (Fsp3) is 0.152. The van der Waals surface area contributed by atoms with Gasteiger partial charge in [0.2, 0.25) is 0 Å². The fourth-order valence-electron chi connectivity index (χ4n) is 4.55. The first-order valence-corrected chi connectivity index (χ1v) is 13.0. The lowest BCUT2D eigenvalue weighted by Gasteiger charge is -2.16. The maximum absolute atomic E-state index is 14.0. The van der Waals surface area contributed by atoms with Crippen molar-refractivity contribution in [3.63, 3.8) is 0 Å². The van der Waals surface area contributed by atoms with E-state index in [2.05, 4.69) is 40.3 Å². The van der Waals surface area contributed by atoms with Gasteiger partial charge in [0.15, 0.2) is 0 Å². The molecule has 0 aliphatic carbocycles. The number of nitrogens with one attached hydrogen (secondary N) is 3. The summed E-state index contributed by atoms with van der Waals surface area (Å²) in [7, 11) is 5.85. The number of hydrogen-bond donors (Lipinski definition) is 3. The molecule has 0 atom stereocenters. The highest BCUT2D eigenvalue weighted by Gasteiger charge is 2.16. The van der Waals surface area contributed by atoms with Crippen molar-refractivity contribution in [2.75, 3.05) is 33.0 Å². The molecule has 0 aliphatic rings. The van der Waals surface area contributed by atoms with Gasteiger partial charge in [-0.05, 0) is 80.2 Å². The molecular formula is C33H35FN6. The fourth-order valence-corrected chi connectivity index (χ4v) is 4.55. The maximum atomic E-state index is 14.0. The number of hydrogen-bond acceptors (Lipinski definition) is 5. The van der Waals surface area contributed by atoms with Crippen LogP contribution in [0.25, 0.3) is 33.3 Å². The molecule has 0 aliphatic heterocycles. The molecule has 3 aromatic heterocycles. The summed E-state index contributed by atoms with van der Waals surface area (Å²) >= 11 is 0. The van der Waals surface area contributed by atoms with Gasteiger partial charge in [-0.15, -0.1) is 0 Å². The van der Waals surface area contributed by atoms with Crippen LogP contribution < -0.4 is 10.6 Å². The number of pyridine rings is 2. The van der Waals surface area contributed by atoms with Crippen molar-refractivity contribution in [3.05, 3.63) is 127 Å². The van der Waals surface area contributed by atoms with E-state index in [9.17, 15) is 4.39 Å². The summed E-state index contributed by atoms with van der Waals surface area (Å²) in [5, 5.41) is 7.45. The largest absolute Gasteiger partial charge is 0.386 e. The highest BCUT2D eigenvalue weighted by Crippen LogP contribution is 2.34. The van der Waals surface area contributed by atoms with Crippen molar-refractivity contribution >= 4 is 27.9 Å². The van der Waals surface area contributed by atoms with Crippen LogP contribution in [0.15, 0.2) is 104 Å². The Morgan fingerprint density at radius 2 is 1.93 bits per heavy atom. The minimum absolute atomic E-state index is 0.281. The molecule has 0 fully saturated rings. The van der Waals surface area contributed by atoms with E-state index in [-0.39, 0.29) is 5.82 Å². The molecular weight excluding hydrogens is 499 g/mol. The second-order valence-corrected chi connectivity index (χ2v) is 9.67. The number of halogens is 1. The predicted octanol–water partition coefficient (Wildman–Crippen LogP) is 7.01. The van der Waals surface area contributed by atoms with Crippen molar-refractivity contribution in [2.45, 2.75) is 6.92 Å². The SMILES string of the molecule is C=C/C(=C\C(=C/C)c1cc(C(=C)c2cc3c(-c4cccc(F)c4)ccnc3[nH]2)c(NC)cn1)NC(=C)CN(C)C. The number of H-pyrrole nitrogens is 1. The van der Waals surface area contributed by atoms with E-state index in [1.807, 2.05) is 69.4 Å². The molecule has 4 aromatic rings. The zero-order valence-corrected chi connectivity index (χ0v) is 23.5. The van der Waals surface area contributed by atoms with Gasteiger partial charge in [-0.3, -0.25) is 4.98 Å². The van der Waals surface area contributed by atoms with Gasteiger partial charge in [0.1, 0.15) is 11.5 Å². The molecule has 0 amide bonds. The van der Waals surface area contributed by atoms with Crippen LogP contribution in [0, 0.1) is 5.82 Å². The average Bonchev–Trinajstić information content (AvgIpc) is 3.38. The Balaban J connectivity index is 1.71.